The molecule has 0 aliphatic heterocycles. The summed E-state index contributed by atoms with van der Waals surface area (Å²) in [5.41, 5.74) is 6.40. The van der Waals surface area contributed by atoms with Crippen molar-refractivity contribution in [3.63, 3.8) is 0 Å². The van der Waals surface area contributed by atoms with Gasteiger partial charge in [0.1, 0.15) is 19.0 Å². The van der Waals surface area contributed by atoms with Crippen LogP contribution in [0, 0.1) is 0 Å². The molecule has 5 nitrogen and oxygen atoms in total. The topological polar surface area (TPSA) is 70.3 Å². The van der Waals surface area contributed by atoms with Gasteiger partial charge >= 0.3 is 0 Å². The molecule has 94 valence electrons. The number of nitrogens with zero attached hydrogens (tertiary/aromatic N) is 2. The van der Waals surface area contributed by atoms with Crippen LogP contribution in [0.4, 0.5) is 0 Å². The molecule has 1 aromatic heterocycles. The lowest BCUT2D eigenvalue weighted by Gasteiger charge is -2.09. The molecule has 2 aromatic rings. The van der Waals surface area contributed by atoms with E-state index >= 15 is 0 Å². The Balaban J connectivity index is 1.78. The van der Waals surface area contributed by atoms with Crippen LogP contribution in [-0.2, 0) is 6.54 Å². The molecule has 2 rings (SSSR count). The van der Waals surface area contributed by atoms with Crippen molar-refractivity contribution < 1.29 is 9.47 Å². The van der Waals surface area contributed by atoms with E-state index in [0.29, 0.717) is 25.6 Å². The summed E-state index contributed by atoms with van der Waals surface area (Å²) >= 11 is 0. The minimum absolute atomic E-state index is 0.379. The average molecular weight is 245 g/mol. The van der Waals surface area contributed by atoms with Crippen molar-refractivity contribution in [1.82, 2.24) is 10.2 Å². The molecule has 0 spiro atoms. The minimum atomic E-state index is 0.379. The van der Waals surface area contributed by atoms with Crippen LogP contribution in [0.2, 0.25) is 0 Å². The van der Waals surface area contributed by atoms with Crippen molar-refractivity contribution in [3.05, 3.63) is 48.2 Å². The summed E-state index contributed by atoms with van der Waals surface area (Å²) < 4.78 is 11.0. The molecule has 18 heavy (non-hydrogen) atoms. The van der Waals surface area contributed by atoms with Crippen LogP contribution in [0.5, 0.6) is 11.6 Å². The Bertz CT molecular complexity index is 477. The average Bonchev–Trinajstić information content (AvgIpc) is 2.45. The van der Waals surface area contributed by atoms with E-state index in [9.17, 15) is 0 Å². The van der Waals surface area contributed by atoms with Crippen LogP contribution in [0.1, 0.15) is 5.56 Å². The van der Waals surface area contributed by atoms with Gasteiger partial charge in [-0.3, -0.25) is 0 Å². The van der Waals surface area contributed by atoms with Gasteiger partial charge in [0, 0.05) is 12.1 Å². The zero-order valence-corrected chi connectivity index (χ0v) is 9.95. The SMILES string of the molecule is NCc1ccnnc1OCCOc1ccccc1. The number of rotatable bonds is 6. The van der Waals surface area contributed by atoms with Crippen molar-refractivity contribution in [2.45, 2.75) is 6.54 Å². The monoisotopic (exact) mass is 245 g/mol. The standard InChI is InChI=1S/C13H15N3O2/c14-10-11-6-7-15-16-13(11)18-9-8-17-12-4-2-1-3-5-12/h1-7H,8-10,14H2. The van der Waals surface area contributed by atoms with E-state index in [1.165, 1.54) is 0 Å². The van der Waals surface area contributed by atoms with Gasteiger partial charge in [-0.2, -0.15) is 5.10 Å². The molecule has 0 saturated carbocycles. The highest BCUT2D eigenvalue weighted by Gasteiger charge is 2.03. The van der Waals surface area contributed by atoms with Gasteiger partial charge in [0.15, 0.2) is 0 Å². The number of benzene rings is 1. The van der Waals surface area contributed by atoms with Crippen molar-refractivity contribution >= 4 is 0 Å². The summed E-state index contributed by atoms with van der Waals surface area (Å²) in [6.45, 7) is 1.23. The molecule has 0 aliphatic rings. The molecule has 0 radical (unpaired) electrons. The number of hydrogen-bond donors (Lipinski definition) is 1. The van der Waals surface area contributed by atoms with E-state index in [4.69, 9.17) is 15.2 Å². The van der Waals surface area contributed by atoms with Crippen molar-refractivity contribution in [3.8, 4) is 11.6 Å². The normalized spacial score (nSPS) is 10.1. The van der Waals surface area contributed by atoms with Crippen LogP contribution < -0.4 is 15.2 Å². The van der Waals surface area contributed by atoms with Gasteiger partial charge in [0.25, 0.3) is 0 Å². The fourth-order valence-electron chi connectivity index (χ4n) is 1.44. The summed E-state index contributed by atoms with van der Waals surface area (Å²) in [7, 11) is 0. The van der Waals surface area contributed by atoms with Crippen LogP contribution in [0.15, 0.2) is 42.6 Å². The molecule has 0 atom stereocenters. The zero-order chi connectivity index (χ0) is 12.6. The van der Waals surface area contributed by atoms with E-state index in [0.717, 1.165) is 11.3 Å². The highest BCUT2D eigenvalue weighted by atomic mass is 16.5. The maximum atomic E-state index is 5.57. The van der Waals surface area contributed by atoms with Gasteiger partial charge in [0.05, 0.1) is 6.20 Å². The molecule has 0 aliphatic carbocycles. The van der Waals surface area contributed by atoms with Crippen LogP contribution in [-0.4, -0.2) is 23.4 Å². The first-order chi connectivity index (χ1) is 8.90. The Hall–Kier alpha value is -2.14. The Labute approximate surface area is 106 Å². The number of nitrogens with two attached hydrogens (primary N) is 1. The quantitative estimate of drug-likeness (QED) is 0.779. The second kappa shape index (κ2) is 6.56. The number of hydrogen-bond acceptors (Lipinski definition) is 5. The largest absolute Gasteiger partial charge is 0.490 e. The van der Waals surface area contributed by atoms with Crippen LogP contribution >= 0.6 is 0 Å². The minimum Gasteiger partial charge on any atom is -0.490 e. The van der Waals surface area contributed by atoms with Crippen molar-refractivity contribution in [1.29, 1.82) is 0 Å². The van der Waals surface area contributed by atoms with Gasteiger partial charge in [0.2, 0.25) is 5.88 Å². The molecule has 0 bridgehead atoms. The third-order valence-electron chi connectivity index (χ3n) is 2.32. The maximum absolute atomic E-state index is 5.57. The van der Waals surface area contributed by atoms with Gasteiger partial charge in [-0.25, -0.2) is 0 Å². The molecule has 0 fully saturated rings. The fraction of sp³-hybridized carbons (Fsp3) is 0.231. The summed E-state index contributed by atoms with van der Waals surface area (Å²) in [6.07, 6.45) is 1.59. The lowest BCUT2D eigenvalue weighted by molar-refractivity contribution is 0.209. The van der Waals surface area contributed by atoms with Gasteiger partial charge in [-0.05, 0) is 18.2 Å². The molecular weight excluding hydrogens is 230 g/mol. The summed E-state index contributed by atoms with van der Waals surface area (Å²) in [5, 5.41) is 7.65. The second-order valence-electron chi connectivity index (χ2n) is 3.58. The summed E-state index contributed by atoms with van der Waals surface area (Å²) in [4.78, 5) is 0. The zero-order valence-electron chi connectivity index (χ0n) is 9.95. The van der Waals surface area contributed by atoms with Crippen molar-refractivity contribution in [2.75, 3.05) is 13.2 Å². The lowest BCUT2D eigenvalue weighted by Crippen LogP contribution is -2.12. The second-order valence-corrected chi connectivity index (χ2v) is 3.58. The molecule has 5 heteroatoms. The Kier molecular flexibility index (Phi) is 4.49. The first kappa shape index (κ1) is 12.3. The first-order valence-electron chi connectivity index (χ1n) is 5.71. The third kappa shape index (κ3) is 3.43. The van der Waals surface area contributed by atoms with Gasteiger partial charge in [-0.1, -0.05) is 18.2 Å². The highest BCUT2D eigenvalue weighted by molar-refractivity contribution is 5.23. The fourth-order valence-corrected chi connectivity index (χ4v) is 1.44. The molecule has 2 N–H and O–H groups in total. The maximum Gasteiger partial charge on any atom is 0.238 e. The van der Waals surface area contributed by atoms with E-state index in [1.807, 2.05) is 30.3 Å². The molecular formula is C13H15N3O2. The smallest absolute Gasteiger partial charge is 0.238 e. The van der Waals surface area contributed by atoms with Gasteiger partial charge < -0.3 is 15.2 Å². The van der Waals surface area contributed by atoms with E-state index in [-0.39, 0.29) is 0 Å². The highest BCUT2D eigenvalue weighted by Crippen LogP contribution is 2.12. The van der Waals surface area contributed by atoms with Crippen LogP contribution in [0.25, 0.3) is 0 Å². The molecule has 0 unspecified atom stereocenters. The number of aromatic nitrogens is 2. The lowest BCUT2D eigenvalue weighted by atomic mass is 10.3. The summed E-state index contributed by atoms with van der Waals surface area (Å²) in [6, 6.07) is 11.4. The third-order valence-corrected chi connectivity index (χ3v) is 2.32. The summed E-state index contributed by atoms with van der Waals surface area (Å²) in [5.74, 6) is 1.29. The molecule has 0 amide bonds. The van der Waals surface area contributed by atoms with Crippen molar-refractivity contribution in [2.24, 2.45) is 5.73 Å². The molecule has 1 aromatic carbocycles. The van der Waals surface area contributed by atoms with E-state index in [2.05, 4.69) is 10.2 Å². The van der Waals surface area contributed by atoms with Gasteiger partial charge in [-0.15, -0.1) is 5.10 Å². The first-order valence-corrected chi connectivity index (χ1v) is 5.71. The molecule has 0 saturated heterocycles. The Morgan fingerprint density at radius 1 is 1.00 bits per heavy atom. The van der Waals surface area contributed by atoms with Crippen LogP contribution in [0.3, 0.4) is 0 Å². The number of para-hydroxylation sites is 1. The Morgan fingerprint density at radius 3 is 2.56 bits per heavy atom. The predicted octanol–water partition coefficient (Wildman–Crippen LogP) is 1.39. The van der Waals surface area contributed by atoms with E-state index in [1.54, 1.807) is 12.3 Å². The Morgan fingerprint density at radius 2 is 1.78 bits per heavy atom. The molecule has 1 heterocycles. The number of ether oxygens (including phenoxy) is 2. The van der Waals surface area contributed by atoms with E-state index < -0.39 is 0 Å². The predicted molar refractivity (Wildman–Crippen MR) is 67.4 cm³/mol.